The maximum Gasteiger partial charge on any atom is 0.217 e. The Morgan fingerprint density at radius 1 is 1.09 bits per heavy atom. The Hall–Kier alpha value is -1.68. The largest absolute Gasteiger partial charge is 0.340 e. The molecule has 3 rings (SSSR count). The van der Waals surface area contributed by atoms with Crippen LogP contribution in [0.25, 0.3) is 10.8 Å². The number of fused-ring (bicyclic) bond motifs is 1. The molecule has 1 aliphatic rings. The van der Waals surface area contributed by atoms with Crippen molar-refractivity contribution in [2.24, 2.45) is 5.92 Å². The Labute approximate surface area is 137 Å². The summed E-state index contributed by atoms with van der Waals surface area (Å²) in [6, 6.07) is 14.5. The standard InChI is InChI=1S/C20H24O3/c1-13(2)11-18-19(14(3)4)22-23-20(21-18)17-10-9-15-7-5-6-8-16(15)12-17/h5-10,12-13,18-20H,3,11H2,1-2,4H3/t18-,19-,20-/m1/s1. The third-order valence-electron chi connectivity index (χ3n) is 4.12. The van der Waals surface area contributed by atoms with Crippen molar-refractivity contribution in [3.63, 3.8) is 0 Å². The van der Waals surface area contributed by atoms with Crippen LogP contribution < -0.4 is 0 Å². The van der Waals surface area contributed by atoms with Crippen LogP contribution in [-0.2, 0) is 14.5 Å². The molecule has 1 heterocycles. The molecule has 0 aromatic heterocycles. The van der Waals surface area contributed by atoms with Crippen molar-refractivity contribution in [2.45, 2.75) is 45.7 Å². The Balaban J connectivity index is 1.83. The van der Waals surface area contributed by atoms with E-state index >= 15 is 0 Å². The van der Waals surface area contributed by atoms with Crippen LogP contribution in [0.2, 0.25) is 0 Å². The lowest BCUT2D eigenvalue weighted by Crippen LogP contribution is -2.40. The van der Waals surface area contributed by atoms with E-state index < -0.39 is 6.29 Å². The molecule has 3 nitrogen and oxygen atoms in total. The molecule has 0 radical (unpaired) electrons. The van der Waals surface area contributed by atoms with Gasteiger partial charge in [0.15, 0.2) is 0 Å². The zero-order valence-corrected chi connectivity index (χ0v) is 14.0. The Kier molecular flexibility index (Phi) is 4.81. The molecule has 2 aromatic rings. The fourth-order valence-corrected chi connectivity index (χ4v) is 2.96. The van der Waals surface area contributed by atoms with Gasteiger partial charge in [-0.1, -0.05) is 56.8 Å². The van der Waals surface area contributed by atoms with Crippen LogP contribution in [0.4, 0.5) is 0 Å². The summed E-state index contributed by atoms with van der Waals surface area (Å²) in [5.74, 6) is 0.515. The summed E-state index contributed by atoms with van der Waals surface area (Å²) < 4.78 is 6.20. The Morgan fingerprint density at radius 3 is 2.52 bits per heavy atom. The fraction of sp³-hybridized carbons (Fsp3) is 0.400. The normalized spacial score (nSPS) is 25.0. The average molecular weight is 312 g/mol. The van der Waals surface area contributed by atoms with Crippen molar-refractivity contribution >= 4 is 10.8 Å². The van der Waals surface area contributed by atoms with E-state index in [2.05, 4.69) is 44.7 Å². The molecule has 0 saturated carbocycles. The van der Waals surface area contributed by atoms with Gasteiger partial charge in [-0.05, 0) is 41.7 Å². The summed E-state index contributed by atoms with van der Waals surface area (Å²) in [4.78, 5) is 11.1. The van der Waals surface area contributed by atoms with Crippen molar-refractivity contribution in [3.8, 4) is 0 Å². The number of ether oxygens (including phenoxy) is 1. The van der Waals surface area contributed by atoms with Gasteiger partial charge >= 0.3 is 0 Å². The summed E-state index contributed by atoms with van der Waals surface area (Å²) in [6.07, 6.45) is 0.149. The zero-order valence-electron chi connectivity index (χ0n) is 14.0. The average Bonchev–Trinajstić information content (AvgIpc) is 2.53. The fourth-order valence-electron chi connectivity index (χ4n) is 2.96. The highest BCUT2D eigenvalue weighted by molar-refractivity contribution is 5.83. The SMILES string of the molecule is C=C(C)[C@H]1OO[C@H](c2ccc3ccccc3c2)O[C@@H]1CC(C)C. The number of benzene rings is 2. The molecule has 1 saturated heterocycles. The van der Waals surface area contributed by atoms with Gasteiger partial charge in [0.1, 0.15) is 6.10 Å². The van der Waals surface area contributed by atoms with Crippen LogP contribution in [0.15, 0.2) is 54.6 Å². The van der Waals surface area contributed by atoms with Gasteiger partial charge in [0.25, 0.3) is 0 Å². The molecule has 122 valence electrons. The first-order valence-corrected chi connectivity index (χ1v) is 8.16. The highest BCUT2D eigenvalue weighted by Gasteiger charge is 2.35. The number of hydrogen-bond donors (Lipinski definition) is 0. The molecule has 3 heteroatoms. The second-order valence-electron chi connectivity index (χ2n) is 6.70. The van der Waals surface area contributed by atoms with E-state index in [-0.39, 0.29) is 12.2 Å². The van der Waals surface area contributed by atoms with E-state index in [4.69, 9.17) is 14.5 Å². The van der Waals surface area contributed by atoms with E-state index in [0.29, 0.717) is 5.92 Å². The quantitative estimate of drug-likeness (QED) is 0.575. The van der Waals surface area contributed by atoms with Crippen LogP contribution in [0.3, 0.4) is 0 Å². The first kappa shape index (κ1) is 16.2. The summed E-state index contributed by atoms with van der Waals surface area (Å²) in [7, 11) is 0. The van der Waals surface area contributed by atoms with Gasteiger partial charge < -0.3 is 4.74 Å². The zero-order chi connectivity index (χ0) is 16.4. The lowest BCUT2D eigenvalue weighted by molar-refractivity contribution is -0.457. The van der Waals surface area contributed by atoms with Crippen molar-refractivity contribution in [2.75, 3.05) is 0 Å². The monoisotopic (exact) mass is 312 g/mol. The third-order valence-corrected chi connectivity index (χ3v) is 4.12. The highest BCUT2D eigenvalue weighted by Crippen LogP contribution is 2.34. The van der Waals surface area contributed by atoms with Gasteiger partial charge in [-0.25, -0.2) is 4.89 Å². The first-order valence-electron chi connectivity index (χ1n) is 8.16. The van der Waals surface area contributed by atoms with Gasteiger partial charge in [0.05, 0.1) is 6.10 Å². The van der Waals surface area contributed by atoms with E-state index in [1.807, 2.05) is 25.1 Å². The minimum absolute atomic E-state index is 0.0438. The van der Waals surface area contributed by atoms with E-state index in [0.717, 1.165) is 17.6 Å². The van der Waals surface area contributed by atoms with Crippen LogP contribution >= 0.6 is 0 Å². The molecule has 0 aliphatic carbocycles. The molecule has 23 heavy (non-hydrogen) atoms. The molecular formula is C20H24O3. The van der Waals surface area contributed by atoms with Crippen LogP contribution in [-0.4, -0.2) is 12.2 Å². The molecule has 3 atom stereocenters. The summed E-state index contributed by atoms with van der Waals surface area (Å²) in [5.41, 5.74) is 1.89. The van der Waals surface area contributed by atoms with Gasteiger partial charge in [-0.2, -0.15) is 4.89 Å². The molecule has 0 amide bonds. The lowest BCUT2D eigenvalue weighted by atomic mass is 9.97. The summed E-state index contributed by atoms with van der Waals surface area (Å²) in [5, 5.41) is 2.37. The summed E-state index contributed by atoms with van der Waals surface area (Å²) in [6.45, 7) is 10.3. The van der Waals surface area contributed by atoms with Crippen molar-refractivity contribution in [1.82, 2.24) is 0 Å². The minimum Gasteiger partial charge on any atom is -0.340 e. The predicted octanol–water partition coefficient (Wildman–Crippen LogP) is 5.18. The molecule has 2 aromatic carbocycles. The van der Waals surface area contributed by atoms with E-state index in [1.165, 1.54) is 10.8 Å². The number of hydrogen-bond acceptors (Lipinski definition) is 3. The highest BCUT2D eigenvalue weighted by atomic mass is 17.2. The maximum atomic E-state index is 6.20. The first-order chi connectivity index (χ1) is 11.0. The van der Waals surface area contributed by atoms with Crippen molar-refractivity contribution in [3.05, 3.63) is 60.2 Å². The molecule has 0 bridgehead atoms. The number of rotatable bonds is 4. The molecule has 1 fully saturated rings. The van der Waals surface area contributed by atoms with Crippen LogP contribution in [0, 0.1) is 5.92 Å². The van der Waals surface area contributed by atoms with E-state index in [1.54, 1.807) is 0 Å². The third kappa shape index (κ3) is 3.63. The summed E-state index contributed by atoms with van der Waals surface area (Å²) >= 11 is 0. The second kappa shape index (κ2) is 6.83. The van der Waals surface area contributed by atoms with Crippen LogP contribution in [0.1, 0.15) is 39.0 Å². The Morgan fingerprint density at radius 2 is 1.83 bits per heavy atom. The molecule has 0 N–H and O–H groups in total. The van der Waals surface area contributed by atoms with Gasteiger partial charge in [-0.15, -0.1) is 0 Å². The molecule has 0 spiro atoms. The molecule has 0 unspecified atom stereocenters. The van der Waals surface area contributed by atoms with Gasteiger partial charge in [0, 0.05) is 5.56 Å². The minimum atomic E-state index is -0.501. The topological polar surface area (TPSA) is 27.7 Å². The van der Waals surface area contributed by atoms with Crippen molar-refractivity contribution < 1.29 is 14.5 Å². The lowest BCUT2D eigenvalue weighted by Gasteiger charge is -2.36. The van der Waals surface area contributed by atoms with Gasteiger partial charge in [-0.3, -0.25) is 0 Å². The maximum absolute atomic E-state index is 6.20. The van der Waals surface area contributed by atoms with Crippen LogP contribution in [0.5, 0.6) is 0 Å². The van der Waals surface area contributed by atoms with E-state index in [9.17, 15) is 0 Å². The smallest absolute Gasteiger partial charge is 0.217 e. The predicted molar refractivity (Wildman–Crippen MR) is 91.8 cm³/mol. The second-order valence-corrected chi connectivity index (χ2v) is 6.70. The van der Waals surface area contributed by atoms with Gasteiger partial charge in [0.2, 0.25) is 6.29 Å². The van der Waals surface area contributed by atoms with Crippen molar-refractivity contribution in [1.29, 1.82) is 0 Å². The Bertz CT molecular complexity index is 692. The molecule has 1 aliphatic heterocycles. The molecular weight excluding hydrogens is 288 g/mol.